The molecule has 69 heavy (non-hydrogen) atoms. The van der Waals surface area contributed by atoms with E-state index in [1.54, 1.807) is 0 Å². The molecule has 0 spiro atoms. The van der Waals surface area contributed by atoms with Crippen molar-refractivity contribution in [3.05, 3.63) is 36.5 Å². The number of rotatable bonds is 57. The number of hydrogen-bond acceptors (Lipinski definition) is 5. The number of hydrogen-bond donors (Lipinski definition) is 3. The number of allylic oxidation sites excluding steroid dienone is 6. The van der Waals surface area contributed by atoms with E-state index in [0.717, 1.165) is 51.4 Å². The van der Waals surface area contributed by atoms with Gasteiger partial charge in [-0.15, -0.1) is 0 Å². The number of carbonyl (C=O) groups is 2. The smallest absolute Gasteiger partial charge is 0.305 e. The quantitative estimate of drug-likeness (QED) is 0.0321. The fourth-order valence-electron chi connectivity index (χ4n) is 9.43. The summed E-state index contributed by atoms with van der Waals surface area (Å²) >= 11 is 0. The van der Waals surface area contributed by atoms with Crippen LogP contribution in [0, 0.1) is 0 Å². The predicted molar refractivity (Wildman–Crippen MR) is 301 cm³/mol. The molecule has 0 aromatic heterocycles. The maximum Gasteiger partial charge on any atom is 0.305 e. The van der Waals surface area contributed by atoms with Crippen LogP contribution in [0.4, 0.5) is 0 Å². The first-order valence-corrected chi connectivity index (χ1v) is 30.7. The summed E-state index contributed by atoms with van der Waals surface area (Å²) in [5.74, 6) is -0.0366. The van der Waals surface area contributed by atoms with Gasteiger partial charge in [0.1, 0.15) is 0 Å². The second kappa shape index (κ2) is 58.6. The van der Waals surface area contributed by atoms with Crippen molar-refractivity contribution in [2.45, 2.75) is 341 Å². The molecule has 3 N–H and O–H groups in total. The van der Waals surface area contributed by atoms with Gasteiger partial charge >= 0.3 is 5.97 Å². The average Bonchev–Trinajstić information content (AvgIpc) is 3.35. The van der Waals surface area contributed by atoms with Crippen molar-refractivity contribution in [2.24, 2.45) is 0 Å². The van der Waals surface area contributed by atoms with Crippen LogP contribution in [0.25, 0.3) is 0 Å². The number of esters is 1. The molecule has 6 nitrogen and oxygen atoms in total. The van der Waals surface area contributed by atoms with E-state index in [-0.39, 0.29) is 18.5 Å². The van der Waals surface area contributed by atoms with Crippen LogP contribution in [0.5, 0.6) is 0 Å². The standard InChI is InChI=1S/C63H119NO5/c1-3-5-7-9-11-13-15-16-17-18-23-27-30-33-37-41-45-49-53-57-63(68)69-58-54-50-46-42-38-34-31-28-25-22-20-19-21-24-26-29-32-36-40-44-48-52-56-62(67)64-60(59-65)61(66)55-51-47-43-39-35-14-12-10-8-6-4-2/h11,13,16-17,21,24,60-61,65-66H,3-10,12,14-15,18-20,22-23,25-59H2,1-2H3,(H,64,67)/b13-11-,17-16-,24-21-. The van der Waals surface area contributed by atoms with Crippen LogP contribution in [0.2, 0.25) is 0 Å². The van der Waals surface area contributed by atoms with Crippen LogP contribution in [0.1, 0.15) is 328 Å². The Kier molecular flexibility index (Phi) is 57.0. The van der Waals surface area contributed by atoms with Crippen LogP contribution in [-0.2, 0) is 14.3 Å². The van der Waals surface area contributed by atoms with Crippen molar-refractivity contribution in [3.8, 4) is 0 Å². The van der Waals surface area contributed by atoms with Crippen LogP contribution >= 0.6 is 0 Å². The summed E-state index contributed by atoms with van der Waals surface area (Å²) in [4.78, 5) is 24.5. The summed E-state index contributed by atoms with van der Waals surface area (Å²) in [5, 5.41) is 23.2. The highest BCUT2D eigenvalue weighted by Gasteiger charge is 2.20. The molecular formula is C63H119NO5. The predicted octanol–water partition coefficient (Wildman–Crippen LogP) is 19.2. The van der Waals surface area contributed by atoms with Crippen molar-refractivity contribution < 1.29 is 24.5 Å². The van der Waals surface area contributed by atoms with E-state index in [4.69, 9.17) is 4.74 Å². The molecule has 0 aromatic carbocycles. The van der Waals surface area contributed by atoms with Gasteiger partial charge in [-0.05, 0) is 83.5 Å². The molecule has 0 aliphatic rings. The number of carbonyl (C=O) groups excluding carboxylic acids is 2. The number of nitrogens with one attached hydrogen (secondary N) is 1. The topological polar surface area (TPSA) is 95.9 Å². The van der Waals surface area contributed by atoms with E-state index in [9.17, 15) is 19.8 Å². The molecule has 0 aromatic rings. The first-order chi connectivity index (χ1) is 34.0. The molecule has 2 atom stereocenters. The molecule has 406 valence electrons. The van der Waals surface area contributed by atoms with Gasteiger partial charge in [-0.1, -0.05) is 269 Å². The van der Waals surface area contributed by atoms with Crippen LogP contribution in [0.3, 0.4) is 0 Å². The molecule has 0 fully saturated rings. The van der Waals surface area contributed by atoms with E-state index >= 15 is 0 Å². The maximum atomic E-state index is 12.4. The van der Waals surface area contributed by atoms with Gasteiger partial charge in [0.05, 0.1) is 25.4 Å². The van der Waals surface area contributed by atoms with Gasteiger partial charge < -0.3 is 20.3 Å². The molecule has 0 heterocycles. The zero-order chi connectivity index (χ0) is 50.0. The molecule has 2 unspecified atom stereocenters. The monoisotopic (exact) mass is 970 g/mol. The highest BCUT2D eigenvalue weighted by atomic mass is 16.5. The molecule has 0 saturated heterocycles. The van der Waals surface area contributed by atoms with Crippen molar-refractivity contribution in [2.75, 3.05) is 13.2 Å². The van der Waals surface area contributed by atoms with Crippen LogP contribution in [-0.4, -0.2) is 47.4 Å². The van der Waals surface area contributed by atoms with Crippen molar-refractivity contribution in [1.82, 2.24) is 5.32 Å². The van der Waals surface area contributed by atoms with E-state index in [0.29, 0.717) is 25.9 Å². The van der Waals surface area contributed by atoms with E-state index in [2.05, 4.69) is 55.6 Å². The first-order valence-electron chi connectivity index (χ1n) is 30.7. The van der Waals surface area contributed by atoms with Gasteiger partial charge in [0.15, 0.2) is 0 Å². The van der Waals surface area contributed by atoms with Gasteiger partial charge in [-0.2, -0.15) is 0 Å². The van der Waals surface area contributed by atoms with Gasteiger partial charge in [0.25, 0.3) is 0 Å². The van der Waals surface area contributed by atoms with Gasteiger partial charge in [-0.3, -0.25) is 9.59 Å². The van der Waals surface area contributed by atoms with Crippen LogP contribution in [0.15, 0.2) is 36.5 Å². The lowest BCUT2D eigenvalue weighted by molar-refractivity contribution is -0.143. The van der Waals surface area contributed by atoms with Gasteiger partial charge in [0.2, 0.25) is 5.91 Å². The van der Waals surface area contributed by atoms with Crippen molar-refractivity contribution >= 4 is 11.9 Å². The molecule has 6 heteroatoms. The Morgan fingerprint density at radius 1 is 0.406 bits per heavy atom. The van der Waals surface area contributed by atoms with E-state index < -0.39 is 12.1 Å². The largest absolute Gasteiger partial charge is 0.466 e. The molecule has 0 rings (SSSR count). The van der Waals surface area contributed by atoms with Crippen molar-refractivity contribution in [3.63, 3.8) is 0 Å². The summed E-state index contributed by atoms with van der Waals surface area (Å²) in [6.07, 6.45) is 73.0. The zero-order valence-electron chi connectivity index (χ0n) is 46.3. The maximum absolute atomic E-state index is 12.4. The lowest BCUT2D eigenvalue weighted by Crippen LogP contribution is -2.45. The lowest BCUT2D eigenvalue weighted by atomic mass is 10.0. The minimum atomic E-state index is -0.667. The highest BCUT2D eigenvalue weighted by molar-refractivity contribution is 5.76. The van der Waals surface area contributed by atoms with E-state index in [1.165, 1.54) is 244 Å². The van der Waals surface area contributed by atoms with Gasteiger partial charge in [-0.25, -0.2) is 0 Å². The molecule has 0 saturated carbocycles. The molecular weight excluding hydrogens is 851 g/mol. The first kappa shape index (κ1) is 67.1. The zero-order valence-corrected chi connectivity index (χ0v) is 46.3. The third-order valence-corrected chi connectivity index (χ3v) is 14.2. The molecule has 0 radical (unpaired) electrons. The Morgan fingerprint density at radius 2 is 0.725 bits per heavy atom. The Balaban J connectivity index is 3.39. The molecule has 0 aliphatic carbocycles. The molecule has 0 bridgehead atoms. The molecule has 0 aliphatic heterocycles. The number of ether oxygens (including phenoxy) is 1. The minimum absolute atomic E-state index is 0.00614. The number of amides is 1. The second-order valence-corrected chi connectivity index (χ2v) is 21.0. The third kappa shape index (κ3) is 55.2. The SMILES string of the molecule is CCCCC/C=C\C/C=C\CCCCCCCCCCCC(=O)OCCCCCCCCCCCCC/C=C\CCCCCCCCCC(=O)NC(CO)C(O)CCCCCCCCCCCCC. The Bertz CT molecular complexity index is 1120. The summed E-state index contributed by atoms with van der Waals surface area (Å²) in [5.41, 5.74) is 0. The summed E-state index contributed by atoms with van der Waals surface area (Å²) in [7, 11) is 0. The Morgan fingerprint density at radius 3 is 1.14 bits per heavy atom. The second-order valence-electron chi connectivity index (χ2n) is 21.0. The Hall–Kier alpha value is -1.92. The average molecular weight is 971 g/mol. The number of aliphatic hydroxyl groups is 2. The van der Waals surface area contributed by atoms with Crippen molar-refractivity contribution in [1.29, 1.82) is 0 Å². The summed E-state index contributed by atoms with van der Waals surface area (Å²) < 4.78 is 5.49. The van der Waals surface area contributed by atoms with Gasteiger partial charge in [0, 0.05) is 12.8 Å². The summed E-state index contributed by atoms with van der Waals surface area (Å²) in [6, 6.07) is -0.545. The summed E-state index contributed by atoms with van der Waals surface area (Å²) in [6.45, 7) is 4.92. The third-order valence-electron chi connectivity index (χ3n) is 14.2. The van der Waals surface area contributed by atoms with E-state index in [1.807, 2.05) is 0 Å². The normalized spacial score (nSPS) is 12.8. The highest BCUT2D eigenvalue weighted by Crippen LogP contribution is 2.17. The fourth-order valence-corrected chi connectivity index (χ4v) is 9.43. The Labute approximate surface area is 430 Å². The fraction of sp³-hybridized carbons (Fsp3) is 0.873. The van der Waals surface area contributed by atoms with Crippen LogP contribution < -0.4 is 5.32 Å². The lowest BCUT2D eigenvalue weighted by Gasteiger charge is -2.22. The minimum Gasteiger partial charge on any atom is -0.466 e. The number of unbranched alkanes of at least 4 members (excludes halogenated alkanes) is 40. The molecule has 1 amide bonds. The number of aliphatic hydroxyl groups excluding tert-OH is 2.